The Kier molecular flexibility index (Phi) is 7.80. The molecule has 0 saturated carbocycles. The maximum atomic E-state index is 11.9. The van der Waals surface area contributed by atoms with Gasteiger partial charge < -0.3 is 20.1 Å². The van der Waals surface area contributed by atoms with Gasteiger partial charge >= 0.3 is 0 Å². The molecule has 0 unspecified atom stereocenters. The lowest BCUT2D eigenvalue weighted by Gasteiger charge is -2.14. The number of hydrogen-bond donors (Lipinski definition) is 2. The lowest BCUT2D eigenvalue weighted by atomic mass is 10.1. The van der Waals surface area contributed by atoms with Gasteiger partial charge in [0.05, 0.1) is 13.7 Å². The number of rotatable bonds is 9. The molecule has 0 aliphatic rings. The number of halogens is 1. The van der Waals surface area contributed by atoms with E-state index in [2.05, 4.69) is 10.6 Å². The predicted octanol–water partition coefficient (Wildman–Crippen LogP) is 5.34. The summed E-state index contributed by atoms with van der Waals surface area (Å²) in [5, 5.41) is 6.85. The van der Waals surface area contributed by atoms with Gasteiger partial charge in [0, 0.05) is 35.4 Å². The molecule has 1 amide bonds. The summed E-state index contributed by atoms with van der Waals surface area (Å²) in [6.07, 6.45) is 0.499. The Bertz CT molecular complexity index is 778. The van der Waals surface area contributed by atoms with Crippen molar-refractivity contribution in [1.29, 1.82) is 0 Å². The van der Waals surface area contributed by atoms with Crippen LogP contribution in [0.15, 0.2) is 36.4 Å². The molecule has 0 atom stereocenters. The maximum absolute atomic E-state index is 11.9. The molecule has 2 aromatic carbocycles. The topological polar surface area (TPSA) is 59.6 Å². The van der Waals surface area contributed by atoms with Crippen LogP contribution >= 0.6 is 11.6 Å². The minimum Gasteiger partial charge on any atom is -0.493 e. The number of methoxy groups -OCH3 is 1. The minimum atomic E-state index is 0.0152. The second-order valence-corrected chi connectivity index (χ2v) is 7.02. The van der Waals surface area contributed by atoms with Crippen molar-refractivity contribution in [3.63, 3.8) is 0 Å². The molecule has 0 spiro atoms. The Balaban J connectivity index is 2.06. The Labute approximate surface area is 166 Å². The molecule has 5 nitrogen and oxygen atoms in total. The van der Waals surface area contributed by atoms with Crippen molar-refractivity contribution in [3.8, 4) is 11.5 Å². The number of ether oxygens (including phenoxy) is 2. The summed E-state index contributed by atoms with van der Waals surface area (Å²) >= 11 is 6.38. The zero-order valence-electron chi connectivity index (χ0n) is 16.3. The van der Waals surface area contributed by atoms with E-state index in [1.807, 2.05) is 51.1 Å². The molecule has 0 aliphatic heterocycles. The minimum absolute atomic E-state index is 0.0152. The van der Waals surface area contributed by atoms with Crippen LogP contribution in [0, 0.1) is 5.92 Å². The summed E-state index contributed by atoms with van der Waals surface area (Å²) in [7, 11) is 1.60. The molecule has 2 rings (SSSR count). The Hall–Kier alpha value is -2.40. The van der Waals surface area contributed by atoms with Crippen LogP contribution in [0.4, 0.5) is 11.4 Å². The molecule has 0 bridgehead atoms. The van der Waals surface area contributed by atoms with Crippen LogP contribution in [0.2, 0.25) is 5.02 Å². The highest BCUT2D eigenvalue weighted by Gasteiger charge is 2.11. The number of carbonyl (C=O) groups is 1. The zero-order chi connectivity index (χ0) is 19.8. The highest BCUT2D eigenvalue weighted by molar-refractivity contribution is 6.31. The molecule has 0 radical (unpaired) electrons. The van der Waals surface area contributed by atoms with Gasteiger partial charge in [-0.2, -0.15) is 0 Å². The standard InChI is InChI=1S/C21H27ClN2O3/c1-5-27-20-12-18(22)15(10-19(20)26-4)13-23-16-7-6-8-17(11-16)24-21(25)9-14(2)3/h6-8,10-12,14,23H,5,9,13H2,1-4H3,(H,24,25). The van der Waals surface area contributed by atoms with Crippen molar-refractivity contribution < 1.29 is 14.3 Å². The van der Waals surface area contributed by atoms with Gasteiger partial charge in [0.2, 0.25) is 5.91 Å². The molecule has 0 aliphatic carbocycles. The molecule has 0 fully saturated rings. The molecule has 0 saturated heterocycles. The third-order valence-corrected chi connectivity index (χ3v) is 4.21. The first-order valence-electron chi connectivity index (χ1n) is 9.06. The first-order valence-corrected chi connectivity index (χ1v) is 9.43. The second kappa shape index (κ2) is 10.1. The fourth-order valence-corrected chi connectivity index (χ4v) is 2.85. The molecule has 146 valence electrons. The lowest BCUT2D eigenvalue weighted by molar-refractivity contribution is -0.116. The monoisotopic (exact) mass is 390 g/mol. The summed E-state index contributed by atoms with van der Waals surface area (Å²) in [6.45, 7) is 7.01. The van der Waals surface area contributed by atoms with E-state index < -0.39 is 0 Å². The van der Waals surface area contributed by atoms with E-state index in [9.17, 15) is 4.79 Å². The van der Waals surface area contributed by atoms with Crippen molar-refractivity contribution in [2.45, 2.75) is 33.7 Å². The van der Waals surface area contributed by atoms with Gasteiger partial charge in [-0.25, -0.2) is 0 Å². The van der Waals surface area contributed by atoms with E-state index in [-0.39, 0.29) is 5.91 Å². The van der Waals surface area contributed by atoms with E-state index in [0.29, 0.717) is 42.0 Å². The van der Waals surface area contributed by atoms with Crippen molar-refractivity contribution in [3.05, 3.63) is 47.0 Å². The van der Waals surface area contributed by atoms with Gasteiger partial charge in [-0.15, -0.1) is 0 Å². The first-order chi connectivity index (χ1) is 12.9. The molecule has 0 aromatic heterocycles. The van der Waals surface area contributed by atoms with Gasteiger partial charge in [-0.05, 0) is 42.7 Å². The number of nitrogens with one attached hydrogen (secondary N) is 2. The van der Waals surface area contributed by atoms with Crippen molar-refractivity contribution >= 4 is 28.9 Å². The number of carbonyl (C=O) groups excluding carboxylic acids is 1. The third-order valence-electron chi connectivity index (χ3n) is 3.86. The van der Waals surface area contributed by atoms with Crippen LogP contribution in [0.1, 0.15) is 32.8 Å². The van der Waals surface area contributed by atoms with Gasteiger partial charge in [0.1, 0.15) is 0 Å². The average molecular weight is 391 g/mol. The Morgan fingerprint density at radius 1 is 1.15 bits per heavy atom. The maximum Gasteiger partial charge on any atom is 0.224 e. The van der Waals surface area contributed by atoms with Gasteiger partial charge in [0.25, 0.3) is 0 Å². The van der Waals surface area contributed by atoms with Crippen LogP contribution in [-0.2, 0) is 11.3 Å². The van der Waals surface area contributed by atoms with E-state index in [4.69, 9.17) is 21.1 Å². The molecular formula is C21H27ClN2O3. The summed E-state index contributed by atoms with van der Waals surface area (Å²) in [5.41, 5.74) is 2.55. The van der Waals surface area contributed by atoms with E-state index in [1.54, 1.807) is 13.2 Å². The highest BCUT2D eigenvalue weighted by atomic mass is 35.5. The highest BCUT2D eigenvalue weighted by Crippen LogP contribution is 2.33. The van der Waals surface area contributed by atoms with Gasteiger partial charge in [-0.3, -0.25) is 4.79 Å². The fourth-order valence-electron chi connectivity index (χ4n) is 2.63. The molecule has 27 heavy (non-hydrogen) atoms. The summed E-state index contributed by atoms with van der Waals surface area (Å²) in [6, 6.07) is 11.2. The number of amides is 1. The fraction of sp³-hybridized carbons (Fsp3) is 0.381. The van der Waals surface area contributed by atoms with E-state index >= 15 is 0 Å². The van der Waals surface area contributed by atoms with E-state index in [0.717, 1.165) is 16.9 Å². The molecule has 2 N–H and O–H groups in total. The van der Waals surface area contributed by atoms with Gasteiger partial charge in [0.15, 0.2) is 11.5 Å². The van der Waals surface area contributed by atoms with Crippen LogP contribution < -0.4 is 20.1 Å². The first kappa shape index (κ1) is 20.9. The van der Waals surface area contributed by atoms with Crippen LogP contribution in [0.5, 0.6) is 11.5 Å². The Morgan fingerprint density at radius 2 is 1.89 bits per heavy atom. The molecule has 0 heterocycles. The van der Waals surface area contributed by atoms with Crippen molar-refractivity contribution in [2.24, 2.45) is 5.92 Å². The summed E-state index contributed by atoms with van der Waals surface area (Å²) < 4.78 is 10.9. The van der Waals surface area contributed by atoms with Crippen LogP contribution in [0.3, 0.4) is 0 Å². The summed E-state index contributed by atoms with van der Waals surface area (Å²) in [4.78, 5) is 11.9. The molecule has 2 aromatic rings. The zero-order valence-corrected chi connectivity index (χ0v) is 17.0. The lowest BCUT2D eigenvalue weighted by Crippen LogP contribution is -2.13. The van der Waals surface area contributed by atoms with Crippen molar-refractivity contribution in [2.75, 3.05) is 24.4 Å². The van der Waals surface area contributed by atoms with Crippen molar-refractivity contribution in [1.82, 2.24) is 0 Å². The van der Waals surface area contributed by atoms with Gasteiger partial charge in [-0.1, -0.05) is 31.5 Å². The van der Waals surface area contributed by atoms with Crippen LogP contribution in [0.25, 0.3) is 0 Å². The smallest absolute Gasteiger partial charge is 0.224 e. The third kappa shape index (κ3) is 6.36. The molecular weight excluding hydrogens is 364 g/mol. The summed E-state index contributed by atoms with van der Waals surface area (Å²) in [5.74, 6) is 1.61. The van der Waals surface area contributed by atoms with E-state index in [1.165, 1.54) is 0 Å². The predicted molar refractivity (Wildman–Crippen MR) is 111 cm³/mol. The Morgan fingerprint density at radius 3 is 2.56 bits per heavy atom. The average Bonchev–Trinajstić information content (AvgIpc) is 2.61. The quantitative estimate of drug-likeness (QED) is 0.606. The number of benzene rings is 2. The van der Waals surface area contributed by atoms with Crippen LogP contribution in [-0.4, -0.2) is 19.6 Å². The second-order valence-electron chi connectivity index (χ2n) is 6.61. The SMILES string of the molecule is CCOc1cc(Cl)c(CNc2cccc(NC(=O)CC(C)C)c2)cc1OC. The molecule has 6 heteroatoms. The largest absolute Gasteiger partial charge is 0.493 e. The number of hydrogen-bond acceptors (Lipinski definition) is 4. The number of anilines is 2. The normalized spacial score (nSPS) is 10.6.